The molecule has 4 heteroatoms. The summed E-state index contributed by atoms with van der Waals surface area (Å²) in [5.41, 5.74) is 2.64. The molecule has 1 heterocycles. The van der Waals surface area contributed by atoms with Crippen LogP contribution in [0.1, 0.15) is 11.1 Å². The molecule has 0 bridgehead atoms. The van der Waals surface area contributed by atoms with E-state index in [1.807, 2.05) is 19.1 Å². The van der Waals surface area contributed by atoms with E-state index in [1.165, 1.54) is 0 Å². The van der Waals surface area contributed by atoms with Gasteiger partial charge in [0.2, 0.25) is 0 Å². The monoisotopic (exact) mass is 227 g/mol. The van der Waals surface area contributed by atoms with Crippen molar-refractivity contribution >= 4 is 5.69 Å². The van der Waals surface area contributed by atoms with Crippen molar-refractivity contribution in [1.29, 1.82) is 10.5 Å². The fourth-order valence-electron chi connectivity index (χ4n) is 2.10. The number of anilines is 1. The SMILES string of the molecule is Cc1cccc(C#N)c1N1CCOC(C#N)C1. The first-order valence-corrected chi connectivity index (χ1v) is 5.52. The van der Waals surface area contributed by atoms with E-state index in [1.54, 1.807) is 6.07 Å². The Morgan fingerprint density at radius 3 is 2.94 bits per heavy atom. The molecule has 1 fully saturated rings. The van der Waals surface area contributed by atoms with Gasteiger partial charge in [-0.1, -0.05) is 12.1 Å². The van der Waals surface area contributed by atoms with E-state index in [4.69, 9.17) is 15.3 Å². The van der Waals surface area contributed by atoms with Crippen LogP contribution in [0.3, 0.4) is 0 Å². The highest BCUT2D eigenvalue weighted by atomic mass is 16.5. The van der Waals surface area contributed by atoms with Gasteiger partial charge in [0.15, 0.2) is 6.10 Å². The second-order valence-electron chi connectivity index (χ2n) is 4.02. The molecule has 1 saturated heterocycles. The van der Waals surface area contributed by atoms with Gasteiger partial charge in [0.25, 0.3) is 0 Å². The van der Waals surface area contributed by atoms with Crippen LogP contribution in [0.5, 0.6) is 0 Å². The molecule has 1 aromatic rings. The first kappa shape index (κ1) is 11.4. The van der Waals surface area contributed by atoms with Crippen molar-refractivity contribution in [3.63, 3.8) is 0 Å². The standard InChI is InChI=1S/C13H13N3O/c1-10-3-2-4-11(7-14)13(10)16-5-6-17-12(8-15)9-16/h2-4,12H,5-6,9H2,1H3. The average Bonchev–Trinajstić information content (AvgIpc) is 2.38. The highest BCUT2D eigenvalue weighted by Gasteiger charge is 2.23. The molecule has 1 aliphatic heterocycles. The summed E-state index contributed by atoms with van der Waals surface area (Å²) in [7, 11) is 0. The fourth-order valence-corrected chi connectivity index (χ4v) is 2.10. The summed E-state index contributed by atoms with van der Waals surface area (Å²) < 4.78 is 5.31. The topological polar surface area (TPSA) is 60.1 Å². The number of para-hydroxylation sites is 1. The van der Waals surface area contributed by atoms with E-state index < -0.39 is 6.10 Å². The zero-order valence-corrected chi connectivity index (χ0v) is 9.68. The van der Waals surface area contributed by atoms with Gasteiger partial charge in [-0.15, -0.1) is 0 Å². The summed E-state index contributed by atoms with van der Waals surface area (Å²) in [6.07, 6.45) is -0.408. The maximum Gasteiger partial charge on any atom is 0.161 e. The summed E-state index contributed by atoms with van der Waals surface area (Å²) in [5, 5.41) is 18.0. The lowest BCUT2D eigenvalue weighted by molar-refractivity contribution is 0.0764. The molecule has 0 radical (unpaired) electrons. The lowest BCUT2D eigenvalue weighted by atomic mass is 10.1. The van der Waals surface area contributed by atoms with E-state index in [0.717, 1.165) is 17.8 Å². The molecule has 1 aliphatic rings. The van der Waals surface area contributed by atoms with Gasteiger partial charge in [0, 0.05) is 6.54 Å². The van der Waals surface area contributed by atoms with E-state index in [-0.39, 0.29) is 0 Å². The third kappa shape index (κ3) is 2.22. The van der Waals surface area contributed by atoms with Crippen molar-refractivity contribution < 1.29 is 4.74 Å². The lowest BCUT2D eigenvalue weighted by Crippen LogP contribution is -2.42. The smallest absolute Gasteiger partial charge is 0.161 e. The van der Waals surface area contributed by atoms with Gasteiger partial charge in [-0.3, -0.25) is 0 Å². The first-order valence-electron chi connectivity index (χ1n) is 5.52. The molecule has 17 heavy (non-hydrogen) atoms. The van der Waals surface area contributed by atoms with Gasteiger partial charge in [0.1, 0.15) is 6.07 Å². The molecule has 0 spiro atoms. The lowest BCUT2D eigenvalue weighted by Gasteiger charge is -2.33. The van der Waals surface area contributed by atoms with Crippen molar-refractivity contribution in [2.45, 2.75) is 13.0 Å². The Kier molecular flexibility index (Phi) is 3.27. The normalized spacial score (nSPS) is 19.5. The molecule has 4 nitrogen and oxygen atoms in total. The van der Waals surface area contributed by atoms with Gasteiger partial charge in [0.05, 0.1) is 30.5 Å². The summed E-state index contributed by atoms with van der Waals surface area (Å²) in [5.74, 6) is 0. The number of nitriles is 2. The minimum Gasteiger partial charge on any atom is -0.364 e. The van der Waals surface area contributed by atoms with E-state index >= 15 is 0 Å². The molecule has 2 rings (SSSR count). The van der Waals surface area contributed by atoms with Gasteiger partial charge in [-0.25, -0.2) is 0 Å². The van der Waals surface area contributed by atoms with Crippen molar-refractivity contribution in [2.24, 2.45) is 0 Å². The maximum absolute atomic E-state index is 9.12. The zero-order valence-electron chi connectivity index (χ0n) is 9.68. The van der Waals surface area contributed by atoms with Crippen LogP contribution in [0.15, 0.2) is 18.2 Å². The Labute approximate surface area is 101 Å². The molecule has 0 saturated carbocycles. The van der Waals surface area contributed by atoms with Crippen LogP contribution in [0.4, 0.5) is 5.69 Å². The van der Waals surface area contributed by atoms with Crippen LogP contribution in [-0.2, 0) is 4.74 Å². The number of hydrogen-bond donors (Lipinski definition) is 0. The quantitative estimate of drug-likeness (QED) is 0.731. The number of ether oxygens (including phenoxy) is 1. The summed E-state index contributed by atoms with van der Waals surface area (Å²) >= 11 is 0. The van der Waals surface area contributed by atoms with Crippen LogP contribution < -0.4 is 4.90 Å². The van der Waals surface area contributed by atoms with Crippen molar-refractivity contribution in [3.8, 4) is 12.1 Å². The molecular weight excluding hydrogens is 214 g/mol. The minimum absolute atomic E-state index is 0.408. The Hall–Kier alpha value is -2.04. The van der Waals surface area contributed by atoms with Crippen molar-refractivity contribution in [2.75, 3.05) is 24.6 Å². The third-order valence-electron chi connectivity index (χ3n) is 2.88. The van der Waals surface area contributed by atoms with Crippen LogP contribution in [0.25, 0.3) is 0 Å². The molecule has 1 aromatic carbocycles. The molecule has 86 valence electrons. The molecule has 0 aliphatic carbocycles. The van der Waals surface area contributed by atoms with Crippen molar-refractivity contribution in [1.82, 2.24) is 0 Å². The molecular formula is C13H13N3O. The second kappa shape index (κ2) is 4.86. The number of rotatable bonds is 1. The van der Waals surface area contributed by atoms with Crippen molar-refractivity contribution in [3.05, 3.63) is 29.3 Å². The molecule has 1 unspecified atom stereocenters. The predicted molar refractivity (Wildman–Crippen MR) is 63.5 cm³/mol. The van der Waals surface area contributed by atoms with Gasteiger partial charge < -0.3 is 9.64 Å². The van der Waals surface area contributed by atoms with E-state index in [0.29, 0.717) is 18.7 Å². The van der Waals surface area contributed by atoms with Crippen LogP contribution in [0, 0.1) is 29.6 Å². The van der Waals surface area contributed by atoms with Crippen LogP contribution in [-0.4, -0.2) is 25.8 Å². The summed E-state index contributed by atoms with van der Waals surface area (Å²) in [4.78, 5) is 2.06. The molecule has 0 amide bonds. The average molecular weight is 227 g/mol. The number of hydrogen-bond acceptors (Lipinski definition) is 4. The molecule has 0 aromatic heterocycles. The number of nitrogens with zero attached hydrogens (tertiary/aromatic N) is 3. The Morgan fingerprint density at radius 1 is 1.41 bits per heavy atom. The minimum atomic E-state index is -0.408. The zero-order chi connectivity index (χ0) is 12.3. The van der Waals surface area contributed by atoms with Crippen LogP contribution >= 0.6 is 0 Å². The Balaban J connectivity index is 2.34. The Morgan fingerprint density at radius 2 is 2.24 bits per heavy atom. The molecule has 0 N–H and O–H groups in total. The first-order chi connectivity index (χ1) is 8.26. The van der Waals surface area contributed by atoms with E-state index in [9.17, 15) is 0 Å². The second-order valence-corrected chi connectivity index (χ2v) is 4.02. The van der Waals surface area contributed by atoms with Gasteiger partial charge >= 0.3 is 0 Å². The highest BCUT2D eigenvalue weighted by molar-refractivity contribution is 5.64. The number of morpholine rings is 1. The number of aryl methyl sites for hydroxylation is 1. The predicted octanol–water partition coefficient (Wildman–Crippen LogP) is 1.60. The molecule has 1 atom stereocenters. The van der Waals surface area contributed by atoms with Gasteiger partial charge in [-0.05, 0) is 18.6 Å². The number of benzene rings is 1. The summed E-state index contributed by atoms with van der Waals surface area (Å²) in [6.45, 7) is 3.75. The van der Waals surface area contributed by atoms with E-state index in [2.05, 4.69) is 17.0 Å². The highest BCUT2D eigenvalue weighted by Crippen LogP contribution is 2.26. The third-order valence-corrected chi connectivity index (χ3v) is 2.88. The van der Waals surface area contributed by atoms with Gasteiger partial charge in [-0.2, -0.15) is 10.5 Å². The van der Waals surface area contributed by atoms with Crippen LogP contribution in [0.2, 0.25) is 0 Å². The fraction of sp³-hybridized carbons (Fsp3) is 0.385. The summed E-state index contributed by atoms with van der Waals surface area (Å²) in [6, 6.07) is 9.97. The largest absolute Gasteiger partial charge is 0.364 e. The Bertz CT molecular complexity index is 498. The maximum atomic E-state index is 9.12.